The van der Waals surface area contributed by atoms with Gasteiger partial charge in [-0.3, -0.25) is 14.7 Å². The van der Waals surface area contributed by atoms with Crippen molar-refractivity contribution in [1.29, 1.82) is 0 Å². The number of methoxy groups -OCH3 is 1. The first-order chi connectivity index (χ1) is 15.1. The number of pyridine rings is 1. The van der Waals surface area contributed by atoms with Crippen molar-refractivity contribution < 1.29 is 9.53 Å². The number of hydrogen-bond acceptors (Lipinski definition) is 6. The van der Waals surface area contributed by atoms with E-state index < -0.39 is 0 Å². The summed E-state index contributed by atoms with van der Waals surface area (Å²) in [4.78, 5) is 25.3. The summed E-state index contributed by atoms with van der Waals surface area (Å²) in [7, 11) is 1.65. The molecule has 0 spiro atoms. The van der Waals surface area contributed by atoms with Crippen LogP contribution in [0.2, 0.25) is 0 Å². The van der Waals surface area contributed by atoms with Gasteiger partial charge in [0.1, 0.15) is 5.75 Å². The van der Waals surface area contributed by atoms with Gasteiger partial charge in [0.25, 0.3) is 0 Å². The second-order valence-corrected chi connectivity index (χ2v) is 9.17. The average molecular weight is 450 g/mol. The molecule has 0 saturated carbocycles. The predicted molar refractivity (Wildman–Crippen MR) is 128 cm³/mol. The molecule has 1 amide bonds. The third-order valence-corrected chi connectivity index (χ3v) is 6.89. The standard InChI is InChI=1S/C24H23N3O2S2/c1-17-6-5-8-21-23(17)26-24(31-21)27(16-18-7-3-4-14-25-18)22(28)13-15-30-20-11-9-19(29-2)10-12-20/h3-12,14H,13,15-16H2,1-2H3. The zero-order valence-corrected chi connectivity index (χ0v) is 19.1. The molecular weight excluding hydrogens is 426 g/mol. The Labute approximate surface area is 190 Å². The average Bonchev–Trinajstić information content (AvgIpc) is 3.24. The van der Waals surface area contributed by atoms with E-state index in [9.17, 15) is 4.79 Å². The third-order valence-electron chi connectivity index (χ3n) is 4.83. The first-order valence-corrected chi connectivity index (χ1v) is 11.8. The molecule has 0 aliphatic rings. The highest BCUT2D eigenvalue weighted by Gasteiger charge is 2.21. The molecule has 0 aliphatic heterocycles. The minimum Gasteiger partial charge on any atom is -0.497 e. The van der Waals surface area contributed by atoms with Crippen LogP contribution in [0.5, 0.6) is 5.75 Å². The van der Waals surface area contributed by atoms with Crippen molar-refractivity contribution in [2.45, 2.75) is 24.8 Å². The molecule has 0 unspecified atom stereocenters. The largest absolute Gasteiger partial charge is 0.497 e. The highest BCUT2D eigenvalue weighted by Crippen LogP contribution is 2.32. The lowest BCUT2D eigenvalue weighted by atomic mass is 10.2. The number of rotatable bonds is 8. The number of aromatic nitrogens is 2. The van der Waals surface area contributed by atoms with Crippen LogP contribution in [-0.4, -0.2) is 28.7 Å². The van der Waals surface area contributed by atoms with Gasteiger partial charge in [0.05, 0.1) is 29.6 Å². The van der Waals surface area contributed by atoms with Crippen LogP contribution in [0.25, 0.3) is 10.2 Å². The Bertz CT molecular complexity index is 1160. The van der Waals surface area contributed by atoms with E-state index >= 15 is 0 Å². The van der Waals surface area contributed by atoms with Crippen LogP contribution in [0.4, 0.5) is 5.13 Å². The number of ether oxygens (including phenoxy) is 1. The van der Waals surface area contributed by atoms with Crippen molar-refractivity contribution in [2.24, 2.45) is 0 Å². The van der Waals surface area contributed by atoms with Crippen LogP contribution in [0.3, 0.4) is 0 Å². The molecule has 0 atom stereocenters. The first kappa shape index (κ1) is 21.3. The number of aryl methyl sites for hydroxylation is 1. The van der Waals surface area contributed by atoms with Gasteiger partial charge < -0.3 is 4.74 Å². The Kier molecular flexibility index (Phi) is 6.84. The quantitative estimate of drug-likeness (QED) is 0.322. The second kappa shape index (κ2) is 9.94. The maximum Gasteiger partial charge on any atom is 0.229 e. The van der Waals surface area contributed by atoms with E-state index in [-0.39, 0.29) is 5.91 Å². The number of fused-ring (bicyclic) bond motifs is 1. The number of carbonyl (C=O) groups is 1. The molecule has 4 rings (SSSR count). The lowest BCUT2D eigenvalue weighted by Crippen LogP contribution is -2.30. The van der Waals surface area contributed by atoms with Crippen LogP contribution in [0.15, 0.2) is 71.8 Å². The van der Waals surface area contributed by atoms with Crippen LogP contribution >= 0.6 is 23.1 Å². The molecular formula is C24H23N3O2S2. The topological polar surface area (TPSA) is 55.3 Å². The van der Waals surface area contributed by atoms with Crippen LogP contribution in [-0.2, 0) is 11.3 Å². The fourth-order valence-corrected chi connectivity index (χ4v) is 5.07. The van der Waals surface area contributed by atoms with E-state index in [1.54, 1.807) is 41.3 Å². The van der Waals surface area contributed by atoms with E-state index in [2.05, 4.69) is 4.98 Å². The van der Waals surface area contributed by atoms with E-state index in [1.165, 1.54) is 0 Å². The summed E-state index contributed by atoms with van der Waals surface area (Å²) in [5.74, 6) is 1.56. The SMILES string of the molecule is COc1ccc(SCCC(=O)N(Cc2ccccn2)c2nc3c(C)cccc3s2)cc1. The lowest BCUT2D eigenvalue weighted by molar-refractivity contribution is -0.118. The number of anilines is 1. The highest BCUT2D eigenvalue weighted by molar-refractivity contribution is 7.99. The normalized spacial score (nSPS) is 10.9. The molecule has 0 saturated heterocycles. The Hall–Kier alpha value is -2.90. The van der Waals surface area contributed by atoms with E-state index in [4.69, 9.17) is 9.72 Å². The van der Waals surface area contributed by atoms with Crippen molar-refractivity contribution in [3.8, 4) is 5.75 Å². The first-order valence-electron chi connectivity index (χ1n) is 9.97. The summed E-state index contributed by atoms with van der Waals surface area (Å²) >= 11 is 3.21. The highest BCUT2D eigenvalue weighted by atomic mass is 32.2. The molecule has 5 nitrogen and oxygen atoms in total. The van der Waals surface area contributed by atoms with Crippen molar-refractivity contribution in [3.63, 3.8) is 0 Å². The molecule has 0 fully saturated rings. The van der Waals surface area contributed by atoms with Gasteiger partial charge in [-0.05, 0) is 55.0 Å². The Morgan fingerprint density at radius 2 is 1.94 bits per heavy atom. The zero-order valence-electron chi connectivity index (χ0n) is 17.4. The molecule has 0 aliphatic carbocycles. The monoisotopic (exact) mass is 449 g/mol. The number of nitrogens with zero attached hydrogens (tertiary/aromatic N) is 3. The van der Waals surface area contributed by atoms with Crippen LogP contribution < -0.4 is 9.64 Å². The van der Waals surface area contributed by atoms with Gasteiger partial charge >= 0.3 is 0 Å². The van der Waals surface area contributed by atoms with Gasteiger partial charge in [-0.15, -0.1) is 11.8 Å². The van der Waals surface area contributed by atoms with Gasteiger partial charge in [-0.1, -0.05) is 29.5 Å². The van der Waals surface area contributed by atoms with Gasteiger partial charge in [0.15, 0.2) is 5.13 Å². The number of hydrogen-bond donors (Lipinski definition) is 0. The van der Waals surface area contributed by atoms with Gasteiger partial charge in [-0.2, -0.15) is 0 Å². The second-order valence-electron chi connectivity index (χ2n) is 6.99. The summed E-state index contributed by atoms with van der Waals surface area (Å²) < 4.78 is 6.29. The van der Waals surface area contributed by atoms with E-state index in [0.29, 0.717) is 18.7 Å². The zero-order chi connectivity index (χ0) is 21.6. The number of amides is 1. The lowest BCUT2D eigenvalue weighted by Gasteiger charge is -2.19. The van der Waals surface area contributed by atoms with E-state index in [0.717, 1.165) is 37.3 Å². The number of carbonyl (C=O) groups excluding carboxylic acids is 1. The molecule has 31 heavy (non-hydrogen) atoms. The fourth-order valence-electron chi connectivity index (χ4n) is 3.17. The van der Waals surface area contributed by atoms with Gasteiger partial charge in [0.2, 0.25) is 5.91 Å². The number of benzene rings is 2. The maximum absolute atomic E-state index is 13.2. The minimum atomic E-state index is 0.0448. The summed E-state index contributed by atoms with van der Waals surface area (Å²) in [6, 6.07) is 19.7. The Balaban J connectivity index is 1.51. The fraction of sp³-hybridized carbons (Fsp3) is 0.208. The smallest absolute Gasteiger partial charge is 0.229 e. The predicted octanol–water partition coefficient (Wildman–Crippen LogP) is 5.72. The molecule has 0 bridgehead atoms. The Morgan fingerprint density at radius 3 is 2.65 bits per heavy atom. The molecule has 0 radical (unpaired) electrons. The van der Waals surface area contributed by atoms with Crippen molar-refractivity contribution in [2.75, 3.05) is 17.8 Å². The summed E-state index contributed by atoms with van der Waals surface area (Å²) in [6.45, 7) is 2.45. The van der Waals surface area contributed by atoms with E-state index in [1.807, 2.05) is 67.6 Å². The minimum absolute atomic E-state index is 0.0448. The summed E-state index contributed by atoms with van der Waals surface area (Å²) in [6.07, 6.45) is 2.17. The Morgan fingerprint density at radius 1 is 1.10 bits per heavy atom. The molecule has 2 aromatic heterocycles. The molecule has 2 heterocycles. The molecule has 7 heteroatoms. The van der Waals surface area contributed by atoms with Crippen molar-refractivity contribution >= 4 is 44.4 Å². The van der Waals surface area contributed by atoms with Gasteiger partial charge in [0, 0.05) is 23.3 Å². The molecule has 4 aromatic rings. The summed E-state index contributed by atoms with van der Waals surface area (Å²) in [5, 5.41) is 0.717. The number of para-hydroxylation sites is 1. The van der Waals surface area contributed by atoms with Crippen molar-refractivity contribution in [3.05, 3.63) is 78.1 Å². The number of thioether (sulfide) groups is 1. The van der Waals surface area contributed by atoms with Crippen LogP contribution in [0, 0.1) is 6.92 Å². The molecule has 158 valence electrons. The number of thiazole rings is 1. The van der Waals surface area contributed by atoms with Crippen LogP contribution in [0.1, 0.15) is 17.7 Å². The third kappa shape index (κ3) is 5.24. The molecule has 2 aromatic carbocycles. The maximum atomic E-state index is 13.2. The summed E-state index contributed by atoms with van der Waals surface area (Å²) in [5.41, 5.74) is 2.91. The van der Waals surface area contributed by atoms with Crippen molar-refractivity contribution in [1.82, 2.24) is 9.97 Å². The molecule has 0 N–H and O–H groups in total. The van der Waals surface area contributed by atoms with Gasteiger partial charge in [-0.25, -0.2) is 4.98 Å².